The molecule has 10 nitrogen and oxygen atoms in total. The average Bonchev–Trinajstić information content (AvgIpc) is 1.56. The van der Waals surface area contributed by atoms with Gasteiger partial charge < -0.3 is 8.83 Å². The second kappa shape index (κ2) is 24.9. The highest BCUT2D eigenvalue weighted by Gasteiger charge is 2.22. The van der Waals surface area contributed by atoms with Crippen LogP contribution in [-0.2, 0) is 0 Å². The Morgan fingerprint density at radius 3 is 0.888 bits per heavy atom. The third kappa shape index (κ3) is 10.8. The molecule has 0 saturated carbocycles. The first-order valence-electron chi connectivity index (χ1n) is 32.2. The number of hydrogen-bond acceptors (Lipinski definition) is 10. The van der Waals surface area contributed by atoms with Crippen molar-refractivity contribution < 1.29 is 8.83 Å². The highest BCUT2D eigenvalue weighted by molar-refractivity contribution is 6.23. The molecule has 0 radical (unpaired) electrons. The zero-order valence-electron chi connectivity index (χ0n) is 52.4. The van der Waals surface area contributed by atoms with Crippen LogP contribution in [0.5, 0.6) is 0 Å². The Morgan fingerprint density at radius 2 is 0.500 bits per heavy atom. The number of aromatic nitrogens is 6. The summed E-state index contributed by atoms with van der Waals surface area (Å²) in [6.07, 6.45) is 0. The molecular formula is C88H52N8O2. The summed E-state index contributed by atoms with van der Waals surface area (Å²) in [4.78, 5) is 29.5. The van der Waals surface area contributed by atoms with Crippen molar-refractivity contribution in [2.24, 2.45) is 0 Å². The van der Waals surface area contributed by atoms with Crippen molar-refractivity contribution in [1.82, 2.24) is 29.9 Å². The van der Waals surface area contributed by atoms with Gasteiger partial charge >= 0.3 is 0 Å². The normalized spacial score (nSPS) is 11.2. The van der Waals surface area contributed by atoms with E-state index < -0.39 is 0 Å². The summed E-state index contributed by atoms with van der Waals surface area (Å²) >= 11 is 0. The number of benzene rings is 14. The molecular weight excluding hydrogens is 1200 g/mol. The number of nitrogens with zero attached hydrogens (tertiary/aromatic N) is 8. The number of rotatable bonds is 10. The molecule has 0 spiro atoms. The summed E-state index contributed by atoms with van der Waals surface area (Å²) in [6.45, 7) is 0. The predicted molar refractivity (Wildman–Crippen MR) is 393 cm³/mol. The fourth-order valence-electron chi connectivity index (χ4n) is 13.2. The van der Waals surface area contributed by atoms with E-state index in [2.05, 4.69) is 133 Å². The minimum atomic E-state index is 0.608. The summed E-state index contributed by atoms with van der Waals surface area (Å²) in [7, 11) is 0. The molecule has 18 aromatic rings. The molecule has 4 heterocycles. The molecule has 0 fully saturated rings. The molecule has 0 aliphatic rings. The van der Waals surface area contributed by atoms with Crippen molar-refractivity contribution in [2.45, 2.75) is 0 Å². The summed E-state index contributed by atoms with van der Waals surface area (Å²) in [5, 5.41) is 27.2. The van der Waals surface area contributed by atoms with Gasteiger partial charge in [-0.15, -0.1) is 0 Å². The maximum absolute atomic E-state index is 9.37. The van der Waals surface area contributed by atoms with Crippen molar-refractivity contribution in [3.63, 3.8) is 0 Å². The van der Waals surface area contributed by atoms with E-state index in [1.54, 1.807) is 0 Å². The van der Waals surface area contributed by atoms with E-state index in [-0.39, 0.29) is 0 Å². The highest BCUT2D eigenvalue weighted by Crippen LogP contribution is 2.46. The molecule has 0 aliphatic heterocycles. The summed E-state index contributed by atoms with van der Waals surface area (Å²) < 4.78 is 13.1. The van der Waals surface area contributed by atoms with Gasteiger partial charge in [0, 0.05) is 65.7 Å². The fraction of sp³-hybridized carbons (Fsp3) is 0. The minimum Gasteiger partial charge on any atom is -0.455 e. The largest absolute Gasteiger partial charge is 0.455 e. The van der Waals surface area contributed by atoms with Gasteiger partial charge in [-0.25, -0.2) is 29.9 Å². The zero-order chi connectivity index (χ0) is 65.5. The second-order valence-electron chi connectivity index (χ2n) is 23.9. The van der Waals surface area contributed by atoms with Crippen molar-refractivity contribution in [3.8, 4) is 125 Å². The Morgan fingerprint density at radius 1 is 0.214 bits per heavy atom. The minimum absolute atomic E-state index is 0.608. The lowest BCUT2D eigenvalue weighted by Crippen LogP contribution is -2.00. The van der Waals surface area contributed by atoms with Crippen LogP contribution < -0.4 is 0 Å². The first-order valence-corrected chi connectivity index (χ1v) is 32.2. The van der Waals surface area contributed by atoms with E-state index in [1.165, 1.54) is 0 Å². The van der Waals surface area contributed by atoms with Gasteiger partial charge in [-0.3, -0.25) is 0 Å². The van der Waals surface area contributed by atoms with Gasteiger partial charge in [0.15, 0.2) is 34.9 Å². The van der Waals surface area contributed by atoms with Crippen LogP contribution in [0.3, 0.4) is 0 Å². The lowest BCUT2D eigenvalue weighted by Gasteiger charge is -2.12. The van der Waals surface area contributed by atoms with Crippen LogP contribution in [0.4, 0.5) is 0 Å². The summed E-state index contributed by atoms with van der Waals surface area (Å²) in [5.41, 5.74) is 18.7. The average molecular weight is 1250 g/mol. The SMILES string of the molecule is N#Cc1ccc(-c2cccc3oc4c5ccccc5c(-c5ccc(-c6nc(-c7ccccc7)nc(-c7ccccc7)n6)cc5)cc4c23)cc1.N#Cc1ccc(-c2cccc3oc4c5ccccc5c(-c5cccc(-c6nc(-c7ccccc7)nc(-c7ccccc7)n6)c5)cc4c23)cc1. The summed E-state index contributed by atoms with van der Waals surface area (Å²) in [5.74, 6) is 3.75. The topological polar surface area (TPSA) is 151 Å². The van der Waals surface area contributed by atoms with Crippen LogP contribution in [-0.4, -0.2) is 29.9 Å². The van der Waals surface area contributed by atoms with Crippen LogP contribution in [0.25, 0.3) is 178 Å². The fourth-order valence-corrected chi connectivity index (χ4v) is 13.2. The molecule has 0 atom stereocenters. The van der Waals surface area contributed by atoms with Crippen LogP contribution in [0.15, 0.2) is 324 Å². The first kappa shape index (κ1) is 58.1. The molecule has 4 aromatic heterocycles. The van der Waals surface area contributed by atoms with Gasteiger partial charge in [0.25, 0.3) is 0 Å². The quantitative estimate of drug-likeness (QED) is 0.129. The van der Waals surface area contributed by atoms with E-state index in [1.807, 2.05) is 194 Å². The lowest BCUT2D eigenvalue weighted by atomic mass is 9.92. The van der Waals surface area contributed by atoms with Crippen molar-refractivity contribution in [3.05, 3.63) is 327 Å². The zero-order valence-corrected chi connectivity index (χ0v) is 52.4. The van der Waals surface area contributed by atoms with Gasteiger partial charge in [0.2, 0.25) is 0 Å². The number of fused-ring (bicyclic) bond motifs is 10. The highest BCUT2D eigenvalue weighted by atomic mass is 16.3. The monoisotopic (exact) mass is 1250 g/mol. The van der Waals surface area contributed by atoms with Gasteiger partial charge in [0.05, 0.1) is 23.3 Å². The first-order chi connectivity index (χ1) is 48.5. The standard InChI is InChI=1S/2C44H26N4O/c45-27-28-21-23-29(24-22-28)34-19-10-20-39-40(34)38-26-37(35-17-7-8-18-36(35)41(38)49-39)32-15-9-16-33(25-32)44-47-42(30-11-3-1-4-12-30)46-43(48-44)31-13-5-2-6-14-31;45-27-28-18-20-29(21-19-28)34-16-9-17-39-40(34)38-26-37(35-14-7-8-15-36(35)41(38)49-39)30-22-24-33(25-23-30)44-47-42(31-10-3-1-4-11-31)46-43(48-44)32-12-5-2-6-13-32/h2*1-26H. The Balaban J connectivity index is 0.000000147. The molecule has 98 heavy (non-hydrogen) atoms. The molecule has 10 heteroatoms. The lowest BCUT2D eigenvalue weighted by molar-refractivity contribution is 0.672. The Labute approximate surface area is 563 Å². The Kier molecular flexibility index (Phi) is 14.8. The Bertz CT molecular complexity index is 6050. The number of nitriles is 2. The van der Waals surface area contributed by atoms with Crippen LogP contribution in [0, 0.1) is 22.7 Å². The van der Waals surface area contributed by atoms with E-state index in [0.29, 0.717) is 46.1 Å². The molecule has 456 valence electrons. The third-order valence-corrected chi connectivity index (χ3v) is 17.9. The molecule has 14 aromatic carbocycles. The van der Waals surface area contributed by atoms with Crippen molar-refractivity contribution in [2.75, 3.05) is 0 Å². The molecule has 0 unspecified atom stereocenters. The van der Waals surface area contributed by atoms with Gasteiger partial charge in [-0.1, -0.05) is 261 Å². The molecule has 0 saturated heterocycles. The van der Waals surface area contributed by atoms with E-state index >= 15 is 0 Å². The molecule has 0 N–H and O–H groups in total. The smallest absolute Gasteiger partial charge is 0.164 e. The second-order valence-corrected chi connectivity index (χ2v) is 23.9. The molecule has 0 amide bonds. The van der Waals surface area contributed by atoms with Gasteiger partial charge in [-0.05, 0) is 110 Å². The van der Waals surface area contributed by atoms with Gasteiger partial charge in [-0.2, -0.15) is 10.5 Å². The van der Waals surface area contributed by atoms with Crippen molar-refractivity contribution >= 4 is 65.4 Å². The molecule has 0 bridgehead atoms. The Hall–Kier alpha value is -13.8. The summed E-state index contributed by atoms with van der Waals surface area (Å²) in [6, 6.07) is 110. The van der Waals surface area contributed by atoms with Crippen LogP contribution in [0.2, 0.25) is 0 Å². The number of hydrogen-bond donors (Lipinski definition) is 0. The van der Waals surface area contributed by atoms with Crippen LogP contribution in [0.1, 0.15) is 11.1 Å². The van der Waals surface area contributed by atoms with E-state index in [0.717, 1.165) is 143 Å². The predicted octanol–water partition coefficient (Wildman–Crippen LogP) is 22.3. The number of furan rings is 2. The van der Waals surface area contributed by atoms with Crippen molar-refractivity contribution in [1.29, 1.82) is 10.5 Å². The maximum atomic E-state index is 9.37. The van der Waals surface area contributed by atoms with E-state index in [4.69, 9.17) is 38.7 Å². The van der Waals surface area contributed by atoms with Crippen LogP contribution >= 0.6 is 0 Å². The van der Waals surface area contributed by atoms with E-state index in [9.17, 15) is 10.5 Å². The van der Waals surface area contributed by atoms with Gasteiger partial charge in [0.1, 0.15) is 22.3 Å². The molecule has 18 rings (SSSR count). The third-order valence-electron chi connectivity index (χ3n) is 17.9. The molecule has 0 aliphatic carbocycles. The maximum Gasteiger partial charge on any atom is 0.164 e.